The molecule has 5 nitrogen and oxygen atoms in total. The number of anilines is 1. The number of hydrogen-bond donors (Lipinski definition) is 1. The van der Waals surface area contributed by atoms with Gasteiger partial charge in [0.15, 0.2) is 5.76 Å². The summed E-state index contributed by atoms with van der Waals surface area (Å²) >= 11 is 1.69. The highest BCUT2D eigenvalue weighted by Crippen LogP contribution is 2.30. The first-order valence-corrected chi connectivity index (χ1v) is 10.6. The third-order valence-corrected chi connectivity index (χ3v) is 6.26. The SMILES string of the molecule is C[C@@H](NC(=O)c1ccco1)[C@@H](c1cccs1)N1CCN(c2ccccc2F)CC1. The van der Waals surface area contributed by atoms with Crippen molar-refractivity contribution < 1.29 is 13.6 Å². The van der Waals surface area contributed by atoms with Crippen molar-refractivity contribution in [2.24, 2.45) is 0 Å². The number of piperazine rings is 1. The van der Waals surface area contributed by atoms with E-state index in [0.717, 1.165) is 26.2 Å². The number of carbonyl (C=O) groups excluding carboxylic acids is 1. The van der Waals surface area contributed by atoms with Crippen molar-refractivity contribution >= 4 is 22.9 Å². The van der Waals surface area contributed by atoms with Crippen molar-refractivity contribution in [3.8, 4) is 0 Å². The first-order chi connectivity index (χ1) is 14.1. The highest BCUT2D eigenvalue weighted by molar-refractivity contribution is 7.10. The molecule has 1 aliphatic rings. The molecule has 2 atom stereocenters. The molecule has 0 saturated carbocycles. The van der Waals surface area contributed by atoms with E-state index in [1.165, 1.54) is 17.2 Å². The molecule has 1 saturated heterocycles. The summed E-state index contributed by atoms with van der Waals surface area (Å²) in [7, 11) is 0. The van der Waals surface area contributed by atoms with Gasteiger partial charge < -0.3 is 14.6 Å². The van der Waals surface area contributed by atoms with Gasteiger partial charge >= 0.3 is 0 Å². The maximum atomic E-state index is 14.1. The summed E-state index contributed by atoms with van der Waals surface area (Å²) in [4.78, 5) is 18.1. The van der Waals surface area contributed by atoms with Crippen LogP contribution in [0.2, 0.25) is 0 Å². The maximum absolute atomic E-state index is 14.1. The van der Waals surface area contributed by atoms with E-state index in [9.17, 15) is 9.18 Å². The van der Waals surface area contributed by atoms with Gasteiger partial charge in [-0.3, -0.25) is 9.69 Å². The molecule has 1 amide bonds. The van der Waals surface area contributed by atoms with Crippen molar-refractivity contribution in [2.45, 2.75) is 19.0 Å². The summed E-state index contributed by atoms with van der Waals surface area (Å²) in [5, 5.41) is 5.13. The number of nitrogens with zero attached hydrogens (tertiary/aromatic N) is 2. The number of thiophene rings is 1. The fraction of sp³-hybridized carbons (Fsp3) is 0.318. The van der Waals surface area contributed by atoms with Gasteiger partial charge in [-0.05, 0) is 42.6 Å². The summed E-state index contributed by atoms with van der Waals surface area (Å²) in [6.07, 6.45) is 1.50. The second kappa shape index (κ2) is 8.80. The number of carbonyl (C=O) groups is 1. The second-order valence-corrected chi connectivity index (χ2v) is 8.15. The van der Waals surface area contributed by atoms with Crippen LogP contribution in [0.3, 0.4) is 0 Å². The smallest absolute Gasteiger partial charge is 0.287 e. The molecule has 2 aromatic heterocycles. The molecule has 7 heteroatoms. The molecule has 1 N–H and O–H groups in total. The van der Waals surface area contributed by atoms with Crippen LogP contribution in [-0.2, 0) is 0 Å². The first kappa shape index (κ1) is 19.7. The van der Waals surface area contributed by atoms with Gasteiger partial charge in [0, 0.05) is 37.1 Å². The number of amides is 1. The van der Waals surface area contributed by atoms with Gasteiger partial charge in [0.05, 0.1) is 18.0 Å². The van der Waals surface area contributed by atoms with E-state index in [2.05, 4.69) is 26.6 Å². The summed E-state index contributed by atoms with van der Waals surface area (Å²) in [5.74, 6) is -0.0879. The van der Waals surface area contributed by atoms with E-state index in [0.29, 0.717) is 11.4 Å². The third kappa shape index (κ3) is 4.36. The molecule has 3 heterocycles. The number of benzene rings is 1. The maximum Gasteiger partial charge on any atom is 0.287 e. The van der Waals surface area contributed by atoms with Crippen LogP contribution in [0.4, 0.5) is 10.1 Å². The topological polar surface area (TPSA) is 48.7 Å². The van der Waals surface area contributed by atoms with Gasteiger partial charge in [-0.1, -0.05) is 18.2 Å². The van der Waals surface area contributed by atoms with E-state index >= 15 is 0 Å². The summed E-state index contributed by atoms with van der Waals surface area (Å²) in [6.45, 7) is 5.08. The molecule has 3 aromatic rings. The van der Waals surface area contributed by atoms with E-state index < -0.39 is 0 Å². The third-order valence-electron chi connectivity index (χ3n) is 5.31. The van der Waals surface area contributed by atoms with Gasteiger partial charge in [-0.2, -0.15) is 0 Å². The molecule has 4 rings (SSSR count). The van der Waals surface area contributed by atoms with Gasteiger partial charge in [0.2, 0.25) is 0 Å². The van der Waals surface area contributed by atoms with Crippen LogP contribution >= 0.6 is 11.3 Å². The highest BCUT2D eigenvalue weighted by Gasteiger charge is 2.31. The zero-order valence-electron chi connectivity index (χ0n) is 16.3. The van der Waals surface area contributed by atoms with Crippen LogP contribution in [0.15, 0.2) is 64.6 Å². The minimum Gasteiger partial charge on any atom is -0.459 e. The van der Waals surface area contributed by atoms with E-state index in [1.807, 2.05) is 25.1 Å². The van der Waals surface area contributed by atoms with E-state index in [-0.39, 0.29) is 23.8 Å². The van der Waals surface area contributed by atoms with Crippen LogP contribution in [0.1, 0.15) is 28.4 Å². The molecular formula is C22H24FN3O2S. The van der Waals surface area contributed by atoms with Crippen LogP contribution in [0, 0.1) is 5.82 Å². The van der Waals surface area contributed by atoms with Crippen LogP contribution < -0.4 is 10.2 Å². The van der Waals surface area contributed by atoms with Crippen molar-refractivity contribution in [3.63, 3.8) is 0 Å². The largest absolute Gasteiger partial charge is 0.459 e. The minimum absolute atomic E-state index is 0.0525. The van der Waals surface area contributed by atoms with Gasteiger partial charge in [0.1, 0.15) is 5.82 Å². The van der Waals surface area contributed by atoms with E-state index in [4.69, 9.17) is 4.42 Å². The van der Waals surface area contributed by atoms with Crippen molar-refractivity contribution in [2.75, 3.05) is 31.1 Å². The van der Waals surface area contributed by atoms with Crippen molar-refractivity contribution in [1.82, 2.24) is 10.2 Å². The number of para-hydroxylation sites is 1. The number of hydrogen-bond acceptors (Lipinski definition) is 5. The molecule has 0 bridgehead atoms. The Bertz CT molecular complexity index is 921. The molecule has 29 heavy (non-hydrogen) atoms. The van der Waals surface area contributed by atoms with Crippen molar-refractivity contribution in [3.05, 3.63) is 76.6 Å². The molecule has 1 aliphatic heterocycles. The number of halogens is 1. The van der Waals surface area contributed by atoms with Gasteiger partial charge in [-0.15, -0.1) is 11.3 Å². The normalized spacial score (nSPS) is 17.1. The molecule has 1 fully saturated rings. The second-order valence-electron chi connectivity index (χ2n) is 7.17. The van der Waals surface area contributed by atoms with E-state index in [1.54, 1.807) is 29.5 Å². The average molecular weight is 414 g/mol. The molecular weight excluding hydrogens is 389 g/mol. The molecule has 0 aliphatic carbocycles. The zero-order valence-corrected chi connectivity index (χ0v) is 17.1. The zero-order chi connectivity index (χ0) is 20.2. The molecule has 0 spiro atoms. The van der Waals surface area contributed by atoms with Crippen LogP contribution in [-0.4, -0.2) is 43.0 Å². The molecule has 0 unspecified atom stereocenters. The van der Waals surface area contributed by atoms with Gasteiger partial charge in [-0.25, -0.2) is 4.39 Å². The lowest BCUT2D eigenvalue weighted by Gasteiger charge is -2.42. The lowest BCUT2D eigenvalue weighted by molar-refractivity contribution is 0.0863. The highest BCUT2D eigenvalue weighted by atomic mass is 32.1. The number of rotatable bonds is 6. The Hall–Kier alpha value is -2.64. The van der Waals surface area contributed by atoms with Crippen molar-refractivity contribution in [1.29, 1.82) is 0 Å². The quantitative estimate of drug-likeness (QED) is 0.659. The standard InChI is InChI=1S/C22H24FN3O2S/c1-16(24-22(27)19-8-4-14-28-19)21(20-9-5-15-29-20)26-12-10-25(11-13-26)18-7-3-2-6-17(18)23/h2-9,14-16,21H,10-13H2,1H3,(H,24,27)/t16-,21+/m1/s1. The molecule has 0 radical (unpaired) electrons. The average Bonchev–Trinajstić information content (AvgIpc) is 3.44. The molecule has 152 valence electrons. The van der Waals surface area contributed by atoms with Crippen LogP contribution in [0.5, 0.6) is 0 Å². The molecule has 1 aromatic carbocycles. The lowest BCUT2D eigenvalue weighted by atomic mass is 10.0. The Kier molecular flexibility index (Phi) is 5.97. The lowest BCUT2D eigenvalue weighted by Crippen LogP contribution is -2.52. The predicted molar refractivity (Wildman–Crippen MR) is 113 cm³/mol. The summed E-state index contributed by atoms with van der Waals surface area (Å²) in [6, 6.07) is 14.4. The minimum atomic E-state index is -0.214. The first-order valence-electron chi connectivity index (χ1n) is 9.75. The Morgan fingerprint density at radius 1 is 1.10 bits per heavy atom. The Labute approximate surface area is 173 Å². The fourth-order valence-electron chi connectivity index (χ4n) is 3.92. The van der Waals surface area contributed by atoms with Crippen LogP contribution in [0.25, 0.3) is 0 Å². The Balaban J connectivity index is 1.47. The van der Waals surface area contributed by atoms with Gasteiger partial charge in [0.25, 0.3) is 5.91 Å². The predicted octanol–water partition coefficient (Wildman–Crippen LogP) is 4.16. The Morgan fingerprint density at radius 2 is 1.90 bits per heavy atom. The summed E-state index contributed by atoms with van der Waals surface area (Å²) < 4.78 is 19.4. The number of nitrogens with one attached hydrogen (secondary N) is 1. The number of furan rings is 1. The monoisotopic (exact) mass is 413 g/mol. The Morgan fingerprint density at radius 3 is 2.55 bits per heavy atom. The fourth-order valence-corrected chi connectivity index (χ4v) is 4.88. The summed E-state index contributed by atoms with van der Waals surface area (Å²) in [5.41, 5.74) is 0.652.